The van der Waals surface area contributed by atoms with Crippen LogP contribution < -0.4 is 10.6 Å². The fraction of sp³-hybridized carbons (Fsp3) is 0.545. The maximum atomic E-state index is 12.3. The first-order chi connectivity index (χ1) is 13.7. The molecule has 1 fully saturated rings. The number of carbonyl (C=O) groups is 1. The van der Waals surface area contributed by atoms with Gasteiger partial charge in [-0.05, 0) is 42.7 Å². The predicted octanol–water partition coefficient (Wildman–Crippen LogP) is 3.46. The first-order valence-electron chi connectivity index (χ1n) is 10.4. The van der Waals surface area contributed by atoms with E-state index in [0.717, 1.165) is 45.0 Å². The summed E-state index contributed by atoms with van der Waals surface area (Å²) in [4.78, 5) is 18.6. The first kappa shape index (κ1) is 23.5. The molecule has 0 spiro atoms. The lowest BCUT2D eigenvalue weighted by Crippen LogP contribution is -2.42. The number of amides is 1. The molecule has 7 heteroatoms. The molecule has 160 valence electrons. The number of hydrogen-bond acceptors (Lipinski definition) is 2. The van der Waals surface area contributed by atoms with Gasteiger partial charge in [0.1, 0.15) is 0 Å². The van der Waals surface area contributed by atoms with Crippen molar-refractivity contribution in [1.29, 1.82) is 0 Å². The molecule has 0 bridgehead atoms. The third kappa shape index (κ3) is 6.90. The van der Waals surface area contributed by atoms with Gasteiger partial charge in [0, 0.05) is 57.9 Å². The topological polar surface area (TPSA) is 61.7 Å². The Morgan fingerprint density at radius 2 is 2.00 bits per heavy atom. The summed E-state index contributed by atoms with van der Waals surface area (Å²) >= 11 is 0. The molecule has 1 aromatic carbocycles. The smallest absolute Gasteiger partial charge is 0.224 e. The van der Waals surface area contributed by atoms with Gasteiger partial charge in [-0.2, -0.15) is 0 Å². The Bertz CT molecular complexity index is 803. The van der Waals surface area contributed by atoms with E-state index in [4.69, 9.17) is 0 Å². The van der Waals surface area contributed by atoms with E-state index in [-0.39, 0.29) is 29.9 Å². The molecule has 2 N–H and O–H groups in total. The van der Waals surface area contributed by atoms with E-state index < -0.39 is 0 Å². The fourth-order valence-corrected chi connectivity index (χ4v) is 3.87. The number of nitrogens with zero attached hydrogens (tertiary/aromatic N) is 3. The number of halogens is 1. The van der Waals surface area contributed by atoms with Crippen molar-refractivity contribution in [2.24, 2.45) is 10.9 Å². The average molecular weight is 511 g/mol. The summed E-state index contributed by atoms with van der Waals surface area (Å²) in [6.45, 7) is 6.45. The Kier molecular flexibility index (Phi) is 9.76. The van der Waals surface area contributed by atoms with Crippen LogP contribution in [0.1, 0.15) is 32.6 Å². The summed E-state index contributed by atoms with van der Waals surface area (Å²) in [7, 11) is 1.77. The van der Waals surface area contributed by atoms with Gasteiger partial charge in [-0.15, -0.1) is 24.0 Å². The number of aryl methyl sites for hydroxylation is 1. The number of hydrogen-bond donors (Lipinski definition) is 2. The van der Waals surface area contributed by atoms with Crippen molar-refractivity contribution in [2.75, 3.05) is 33.2 Å². The molecule has 0 radical (unpaired) electrons. The zero-order chi connectivity index (χ0) is 19.8. The standard InChI is InChI=1S/C22H33N5O.HI/c1-18-7-5-14-27(17-18)21(28)10-13-25-22(23-2)24-12-6-15-26-16-11-19-8-3-4-9-20(19)26;/h3-4,8-9,11,16,18H,5-7,10,12-15,17H2,1-2H3,(H2,23,24,25);1H. The van der Waals surface area contributed by atoms with Crippen LogP contribution in [0.5, 0.6) is 0 Å². The summed E-state index contributed by atoms with van der Waals surface area (Å²) < 4.78 is 2.28. The number of aromatic nitrogens is 1. The van der Waals surface area contributed by atoms with E-state index in [9.17, 15) is 4.79 Å². The van der Waals surface area contributed by atoms with E-state index in [0.29, 0.717) is 18.9 Å². The third-order valence-electron chi connectivity index (χ3n) is 5.41. The summed E-state index contributed by atoms with van der Waals surface area (Å²) in [5.74, 6) is 1.63. The number of fused-ring (bicyclic) bond motifs is 1. The third-order valence-corrected chi connectivity index (χ3v) is 5.41. The Morgan fingerprint density at radius 3 is 2.79 bits per heavy atom. The Hall–Kier alpha value is -1.77. The minimum absolute atomic E-state index is 0. The van der Waals surface area contributed by atoms with Crippen molar-refractivity contribution in [1.82, 2.24) is 20.1 Å². The molecule has 1 atom stereocenters. The number of piperidine rings is 1. The van der Waals surface area contributed by atoms with Gasteiger partial charge in [0.25, 0.3) is 0 Å². The van der Waals surface area contributed by atoms with Gasteiger partial charge < -0.3 is 20.1 Å². The number of para-hydroxylation sites is 1. The second-order valence-electron chi connectivity index (χ2n) is 7.68. The summed E-state index contributed by atoms with van der Waals surface area (Å²) in [6.07, 6.45) is 6.02. The lowest BCUT2D eigenvalue weighted by molar-refractivity contribution is -0.132. The van der Waals surface area contributed by atoms with Crippen molar-refractivity contribution in [3.8, 4) is 0 Å². The van der Waals surface area contributed by atoms with Crippen LogP contribution in [0.15, 0.2) is 41.5 Å². The van der Waals surface area contributed by atoms with Gasteiger partial charge in [-0.1, -0.05) is 25.1 Å². The quantitative estimate of drug-likeness (QED) is 0.259. The maximum Gasteiger partial charge on any atom is 0.224 e. The Morgan fingerprint density at radius 1 is 1.21 bits per heavy atom. The highest BCUT2D eigenvalue weighted by atomic mass is 127. The largest absolute Gasteiger partial charge is 0.356 e. The molecule has 6 nitrogen and oxygen atoms in total. The van der Waals surface area contributed by atoms with Gasteiger partial charge >= 0.3 is 0 Å². The highest BCUT2D eigenvalue weighted by Crippen LogP contribution is 2.16. The van der Waals surface area contributed by atoms with E-state index in [2.05, 4.69) is 63.6 Å². The van der Waals surface area contributed by atoms with Crippen LogP contribution in [-0.4, -0.2) is 54.6 Å². The number of benzene rings is 1. The maximum absolute atomic E-state index is 12.3. The first-order valence-corrected chi connectivity index (χ1v) is 10.4. The number of likely N-dealkylation sites (tertiary alicyclic amines) is 1. The summed E-state index contributed by atoms with van der Waals surface area (Å²) in [6, 6.07) is 10.6. The monoisotopic (exact) mass is 511 g/mol. The molecular formula is C22H34IN5O. The van der Waals surface area contributed by atoms with E-state index in [1.54, 1.807) is 7.05 Å². The molecule has 1 aromatic heterocycles. The van der Waals surface area contributed by atoms with Crippen LogP contribution >= 0.6 is 24.0 Å². The molecule has 1 unspecified atom stereocenters. The van der Waals surface area contributed by atoms with E-state index in [1.165, 1.54) is 17.3 Å². The number of rotatable bonds is 7. The highest BCUT2D eigenvalue weighted by Gasteiger charge is 2.20. The minimum atomic E-state index is 0. The van der Waals surface area contributed by atoms with E-state index in [1.807, 2.05) is 4.90 Å². The number of guanidine groups is 1. The van der Waals surface area contributed by atoms with Crippen LogP contribution in [0.25, 0.3) is 10.9 Å². The van der Waals surface area contributed by atoms with Gasteiger partial charge in [0.2, 0.25) is 5.91 Å². The number of carbonyl (C=O) groups excluding carboxylic acids is 1. The van der Waals surface area contributed by atoms with Crippen molar-refractivity contribution >= 4 is 46.7 Å². The average Bonchev–Trinajstić information content (AvgIpc) is 3.13. The molecule has 0 aliphatic carbocycles. The van der Waals surface area contributed by atoms with Crippen LogP contribution in [0, 0.1) is 5.92 Å². The van der Waals surface area contributed by atoms with E-state index >= 15 is 0 Å². The zero-order valence-electron chi connectivity index (χ0n) is 17.6. The van der Waals surface area contributed by atoms with Crippen molar-refractivity contribution < 1.29 is 4.79 Å². The second-order valence-corrected chi connectivity index (χ2v) is 7.68. The van der Waals surface area contributed by atoms with Crippen molar-refractivity contribution in [3.63, 3.8) is 0 Å². The van der Waals surface area contributed by atoms with Crippen molar-refractivity contribution in [3.05, 3.63) is 36.5 Å². The molecule has 1 aliphatic rings. The molecule has 3 rings (SSSR count). The van der Waals surface area contributed by atoms with Crippen LogP contribution in [0.2, 0.25) is 0 Å². The SMILES string of the molecule is CN=C(NCCCn1ccc2ccccc21)NCCC(=O)N1CCCC(C)C1.I. The number of nitrogens with one attached hydrogen (secondary N) is 2. The molecule has 0 saturated carbocycles. The van der Waals surface area contributed by atoms with Gasteiger partial charge in [0.15, 0.2) is 5.96 Å². The zero-order valence-corrected chi connectivity index (χ0v) is 19.9. The Labute approximate surface area is 191 Å². The number of aliphatic imine (C=N–C) groups is 1. The normalized spacial score (nSPS) is 17.1. The summed E-state index contributed by atoms with van der Waals surface area (Å²) in [5.41, 5.74) is 1.27. The van der Waals surface area contributed by atoms with Gasteiger partial charge in [0.05, 0.1) is 0 Å². The predicted molar refractivity (Wildman–Crippen MR) is 131 cm³/mol. The molecule has 2 aromatic rings. The lowest BCUT2D eigenvalue weighted by atomic mass is 10.00. The Balaban J connectivity index is 0.00000300. The molecule has 29 heavy (non-hydrogen) atoms. The molecule has 1 saturated heterocycles. The molecule has 1 amide bonds. The fourth-order valence-electron chi connectivity index (χ4n) is 3.87. The molecule has 2 heterocycles. The van der Waals surface area contributed by atoms with Crippen LogP contribution in [0.4, 0.5) is 0 Å². The molecular weight excluding hydrogens is 477 g/mol. The van der Waals surface area contributed by atoms with Gasteiger partial charge in [-0.25, -0.2) is 0 Å². The minimum Gasteiger partial charge on any atom is -0.356 e. The highest BCUT2D eigenvalue weighted by molar-refractivity contribution is 14.0. The second kappa shape index (κ2) is 12.0. The van der Waals surface area contributed by atoms with Crippen LogP contribution in [-0.2, 0) is 11.3 Å². The lowest BCUT2D eigenvalue weighted by Gasteiger charge is -2.31. The van der Waals surface area contributed by atoms with Gasteiger partial charge in [-0.3, -0.25) is 9.79 Å². The van der Waals surface area contributed by atoms with Crippen LogP contribution in [0.3, 0.4) is 0 Å². The molecule has 1 aliphatic heterocycles. The summed E-state index contributed by atoms with van der Waals surface area (Å²) in [5, 5.41) is 7.88. The van der Waals surface area contributed by atoms with Crippen molar-refractivity contribution in [2.45, 2.75) is 39.2 Å².